The molecule has 0 aliphatic carbocycles. The summed E-state index contributed by atoms with van der Waals surface area (Å²) in [6.07, 6.45) is 0. The highest BCUT2D eigenvalue weighted by Crippen LogP contribution is 1.97. The SMILES string of the molecule is CCOC(=O)CS(=O)(=O)CC(COC)NC. The number of carbonyl (C=O) groups is 1. The third-order valence-electron chi connectivity index (χ3n) is 1.87. The second kappa shape index (κ2) is 7.59. The van der Waals surface area contributed by atoms with Gasteiger partial charge in [0.1, 0.15) is 5.75 Å². The predicted octanol–water partition coefficient (Wildman–Crippen LogP) is -0.801. The molecule has 0 aromatic carbocycles. The van der Waals surface area contributed by atoms with Gasteiger partial charge in [0.25, 0.3) is 0 Å². The smallest absolute Gasteiger partial charge is 0.321 e. The Hall–Kier alpha value is -0.660. The van der Waals surface area contributed by atoms with Gasteiger partial charge in [0.05, 0.1) is 19.0 Å². The molecule has 1 unspecified atom stereocenters. The Morgan fingerprint density at radius 2 is 2.06 bits per heavy atom. The highest BCUT2D eigenvalue weighted by Gasteiger charge is 2.22. The number of hydrogen-bond donors (Lipinski definition) is 1. The number of nitrogens with one attached hydrogen (secondary N) is 1. The lowest BCUT2D eigenvalue weighted by Gasteiger charge is -2.14. The van der Waals surface area contributed by atoms with E-state index < -0.39 is 21.6 Å². The maximum Gasteiger partial charge on any atom is 0.321 e. The molecule has 0 aromatic heterocycles. The van der Waals surface area contributed by atoms with Gasteiger partial charge in [0.15, 0.2) is 9.84 Å². The van der Waals surface area contributed by atoms with E-state index in [1.165, 1.54) is 7.11 Å². The maximum absolute atomic E-state index is 11.6. The topological polar surface area (TPSA) is 81.7 Å². The van der Waals surface area contributed by atoms with Crippen LogP contribution < -0.4 is 5.32 Å². The van der Waals surface area contributed by atoms with Crippen LogP contribution in [-0.4, -0.2) is 59.3 Å². The van der Waals surface area contributed by atoms with E-state index in [9.17, 15) is 13.2 Å². The van der Waals surface area contributed by atoms with E-state index in [0.29, 0.717) is 0 Å². The lowest BCUT2D eigenvalue weighted by atomic mass is 10.4. The third kappa shape index (κ3) is 6.76. The fraction of sp³-hybridized carbons (Fsp3) is 0.889. The van der Waals surface area contributed by atoms with Crippen LogP contribution in [0.25, 0.3) is 0 Å². The van der Waals surface area contributed by atoms with Crippen molar-refractivity contribution in [2.45, 2.75) is 13.0 Å². The van der Waals surface area contributed by atoms with Crippen LogP contribution in [0, 0.1) is 0 Å². The van der Waals surface area contributed by atoms with Gasteiger partial charge in [-0.1, -0.05) is 0 Å². The molecule has 0 radical (unpaired) electrons. The van der Waals surface area contributed by atoms with Gasteiger partial charge in [-0.15, -0.1) is 0 Å². The summed E-state index contributed by atoms with van der Waals surface area (Å²) in [6, 6.07) is -0.315. The van der Waals surface area contributed by atoms with E-state index in [1.807, 2.05) is 0 Å². The first-order chi connectivity index (χ1) is 7.45. The average molecular weight is 253 g/mol. The van der Waals surface area contributed by atoms with Crippen LogP contribution in [-0.2, 0) is 24.1 Å². The minimum atomic E-state index is -3.45. The second-order valence-electron chi connectivity index (χ2n) is 3.30. The van der Waals surface area contributed by atoms with Gasteiger partial charge in [-0.3, -0.25) is 4.79 Å². The van der Waals surface area contributed by atoms with Gasteiger partial charge in [-0.2, -0.15) is 0 Å². The van der Waals surface area contributed by atoms with Gasteiger partial charge in [-0.25, -0.2) is 8.42 Å². The maximum atomic E-state index is 11.6. The Kier molecular flexibility index (Phi) is 7.27. The Balaban J connectivity index is 4.27. The quantitative estimate of drug-likeness (QED) is 0.570. The summed E-state index contributed by atoms with van der Waals surface area (Å²) in [6.45, 7) is 2.09. The first-order valence-corrected chi connectivity index (χ1v) is 6.79. The van der Waals surface area contributed by atoms with Crippen molar-refractivity contribution in [3.05, 3.63) is 0 Å². The molecular weight excluding hydrogens is 234 g/mol. The molecule has 0 fully saturated rings. The zero-order valence-corrected chi connectivity index (χ0v) is 10.7. The Bertz CT molecular complexity index is 301. The highest BCUT2D eigenvalue weighted by atomic mass is 32.2. The summed E-state index contributed by atoms with van der Waals surface area (Å²) in [5, 5.41) is 2.81. The summed E-state index contributed by atoms with van der Waals surface area (Å²) in [4.78, 5) is 11.0. The minimum Gasteiger partial charge on any atom is -0.465 e. The Morgan fingerprint density at radius 3 is 2.50 bits per heavy atom. The molecule has 96 valence electrons. The second-order valence-corrected chi connectivity index (χ2v) is 5.41. The minimum absolute atomic E-state index is 0.143. The number of carbonyl (C=O) groups excluding carboxylic acids is 1. The monoisotopic (exact) mass is 253 g/mol. The van der Waals surface area contributed by atoms with E-state index in [0.717, 1.165) is 0 Å². The molecular formula is C9H19NO5S. The molecule has 1 atom stereocenters. The van der Waals surface area contributed by atoms with Crippen LogP contribution in [0.1, 0.15) is 6.92 Å². The predicted molar refractivity (Wildman–Crippen MR) is 60.0 cm³/mol. The lowest BCUT2D eigenvalue weighted by Crippen LogP contribution is -2.38. The van der Waals surface area contributed by atoms with Crippen molar-refractivity contribution >= 4 is 15.8 Å². The van der Waals surface area contributed by atoms with Crippen molar-refractivity contribution in [2.24, 2.45) is 0 Å². The summed E-state index contributed by atoms with van der Waals surface area (Å²) >= 11 is 0. The molecule has 16 heavy (non-hydrogen) atoms. The molecule has 0 saturated carbocycles. The van der Waals surface area contributed by atoms with Gasteiger partial charge >= 0.3 is 5.97 Å². The third-order valence-corrected chi connectivity index (χ3v) is 3.46. The summed E-state index contributed by atoms with van der Waals surface area (Å²) in [5.41, 5.74) is 0. The van der Waals surface area contributed by atoms with Crippen LogP contribution in [0.2, 0.25) is 0 Å². The summed E-state index contributed by atoms with van der Waals surface area (Å²) < 4.78 is 32.6. The fourth-order valence-corrected chi connectivity index (χ4v) is 2.60. The number of likely N-dealkylation sites (N-methyl/N-ethyl adjacent to an activating group) is 1. The van der Waals surface area contributed by atoms with Crippen molar-refractivity contribution < 1.29 is 22.7 Å². The standard InChI is InChI=1S/C9H19NO5S/c1-4-15-9(11)7-16(12,13)6-8(10-2)5-14-3/h8,10H,4-7H2,1-3H3. The van der Waals surface area contributed by atoms with E-state index in [4.69, 9.17) is 4.74 Å². The summed E-state index contributed by atoms with van der Waals surface area (Å²) in [7, 11) is -0.323. The molecule has 1 N–H and O–H groups in total. The lowest BCUT2D eigenvalue weighted by molar-refractivity contribution is -0.139. The molecule has 0 aromatic rings. The van der Waals surface area contributed by atoms with Crippen LogP contribution in [0.3, 0.4) is 0 Å². The number of esters is 1. The van der Waals surface area contributed by atoms with E-state index in [-0.39, 0.29) is 25.0 Å². The van der Waals surface area contributed by atoms with E-state index >= 15 is 0 Å². The zero-order valence-electron chi connectivity index (χ0n) is 9.86. The zero-order chi connectivity index (χ0) is 12.6. The molecule has 0 heterocycles. The van der Waals surface area contributed by atoms with Gasteiger partial charge in [-0.05, 0) is 14.0 Å². The van der Waals surface area contributed by atoms with Gasteiger partial charge in [0, 0.05) is 13.2 Å². The first kappa shape index (κ1) is 15.3. The normalized spacial score (nSPS) is 13.4. The molecule has 0 rings (SSSR count). The fourth-order valence-electron chi connectivity index (χ4n) is 1.16. The van der Waals surface area contributed by atoms with Crippen molar-refractivity contribution in [1.82, 2.24) is 5.32 Å². The van der Waals surface area contributed by atoms with Gasteiger partial charge < -0.3 is 14.8 Å². The van der Waals surface area contributed by atoms with Crippen LogP contribution in [0.4, 0.5) is 0 Å². The Morgan fingerprint density at radius 1 is 1.44 bits per heavy atom. The Labute approximate surface area is 96.2 Å². The number of hydrogen-bond acceptors (Lipinski definition) is 6. The number of sulfone groups is 1. The molecule has 0 saturated heterocycles. The molecule has 6 nitrogen and oxygen atoms in total. The van der Waals surface area contributed by atoms with Crippen LogP contribution >= 0.6 is 0 Å². The van der Waals surface area contributed by atoms with Gasteiger partial charge in [0.2, 0.25) is 0 Å². The number of ether oxygens (including phenoxy) is 2. The molecule has 0 spiro atoms. The van der Waals surface area contributed by atoms with Crippen LogP contribution in [0.15, 0.2) is 0 Å². The van der Waals surface area contributed by atoms with Crippen molar-refractivity contribution in [1.29, 1.82) is 0 Å². The number of methoxy groups -OCH3 is 1. The van der Waals surface area contributed by atoms with Crippen LogP contribution in [0.5, 0.6) is 0 Å². The molecule has 7 heteroatoms. The molecule has 0 aliphatic heterocycles. The largest absolute Gasteiger partial charge is 0.465 e. The van der Waals surface area contributed by atoms with Crippen molar-refractivity contribution in [3.63, 3.8) is 0 Å². The first-order valence-electron chi connectivity index (χ1n) is 4.97. The molecule has 0 amide bonds. The van der Waals surface area contributed by atoms with E-state index in [1.54, 1.807) is 14.0 Å². The molecule has 0 aliphatic rings. The van der Waals surface area contributed by atoms with E-state index in [2.05, 4.69) is 10.1 Å². The van der Waals surface area contributed by atoms with Crippen molar-refractivity contribution in [3.8, 4) is 0 Å². The summed E-state index contributed by atoms with van der Waals surface area (Å²) in [5.74, 6) is -1.44. The number of rotatable bonds is 8. The molecule has 0 bridgehead atoms. The highest BCUT2D eigenvalue weighted by molar-refractivity contribution is 7.92. The van der Waals surface area contributed by atoms with Crippen molar-refractivity contribution in [2.75, 3.05) is 38.9 Å². The average Bonchev–Trinajstić information content (AvgIpc) is 2.16.